The number of hydrogen-bond acceptors (Lipinski definition) is 2. The van der Waals surface area contributed by atoms with Gasteiger partial charge in [0.2, 0.25) is 5.91 Å². The minimum atomic E-state index is 0.104. The highest BCUT2D eigenvalue weighted by Crippen LogP contribution is 2.34. The molecule has 21 heavy (non-hydrogen) atoms. The second-order valence-corrected chi connectivity index (χ2v) is 5.60. The molecule has 1 N–H and O–H groups in total. The maximum atomic E-state index is 12.2. The Morgan fingerprint density at radius 1 is 1.14 bits per heavy atom. The molecule has 2 aromatic rings. The van der Waals surface area contributed by atoms with Crippen LogP contribution in [-0.2, 0) is 17.9 Å². The quantitative estimate of drug-likeness (QED) is 0.934. The summed E-state index contributed by atoms with van der Waals surface area (Å²) in [4.78, 5) is 14.4. The third-order valence-corrected chi connectivity index (χ3v) is 4.08. The Morgan fingerprint density at radius 2 is 1.86 bits per heavy atom. The van der Waals surface area contributed by atoms with Crippen LogP contribution in [0.3, 0.4) is 0 Å². The largest absolute Gasteiger partial charge is 0.352 e. The van der Waals surface area contributed by atoms with Gasteiger partial charge in [0.1, 0.15) is 0 Å². The van der Waals surface area contributed by atoms with E-state index in [-0.39, 0.29) is 11.9 Å². The molecule has 1 atom stereocenters. The number of benzene rings is 2. The van der Waals surface area contributed by atoms with Crippen molar-refractivity contribution in [2.24, 2.45) is 0 Å². The molecule has 3 heteroatoms. The predicted octanol–water partition coefficient (Wildman–Crippen LogP) is 2.88. The number of hydrogen-bond donors (Lipinski definition) is 1. The van der Waals surface area contributed by atoms with Crippen molar-refractivity contribution in [2.75, 3.05) is 7.05 Å². The van der Waals surface area contributed by atoms with Gasteiger partial charge in [-0.2, -0.15) is 0 Å². The van der Waals surface area contributed by atoms with Crippen LogP contribution in [0.1, 0.15) is 29.2 Å². The molecule has 0 aliphatic carbocycles. The van der Waals surface area contributed by atoms with Crippen LogP contribution in [-0.4, -0.2) is 17.9 Å². The predicted molar refractivity (Wildman–Crippen MR) is 83.6 cm³/mol. The molecule has 1 amide bonds. The summed E-state index contributed by atoms with van der Waals surface area (Å²) in [7, 11) is 2.08. The molecule has 0 saturated heterocycles. The van der Waals surface area contributed by atoms with Crippen LogP contribution in [0.25, 0.3) is 0 Å². The summed E-state index contributed by atoms with van der Waals surface area (Å²) in [5.41, 5.74) is 3.75. The Morgan fingerprint density at radius 3 is 2.67 bits per heavy atom. The van der Waals surface area contributed by atoms with E-state index in [0.717, 1.165) is 12.1 Å². The van der Waals surface area contributed by atoms with Gasteiger partial charge >= 0.3 is 0 Å². The highest BCUT2D eigenvalue weighted by Gasteiger charge is 2.28. The van der Waals surface area contributed by atoms with Gasteiger partial charge in [-0.3, -0.25) is 9.69 Å². The molecule has 0 fully saturated rings. The fourth-order valence-corrected chi connectivity index (χ4v) is 2.93. The van der Waals surface area contributed by atoms with Gasteiger partial charge in [-0.1, -0.05) is 54.6 Å². The van der Waals surface area contributed by atoms with Crippen molar-refractivity contribution in [2.45, 2.75) is 25.6 Å². The van der Waals surface area contributed by atoms with E-state index < -0.39 is 0 Å². The minimum absolute atomic E-state index is 0.104. The molecular formula is C18H20N2O. The van der Waals surface area contributed by atoms with Gasteiger partial charge in [-0.05, 0) is 23.7 Å². The first-order valence-electron chi connectivity index (χ1n) is 7.32. The summed E-state index contributed by atoms with van der Waals surface area (Å²) < 4.78 is 0. The standard InChI is InChI=1S/C18H20N2O/c1-20-13-15-9-5-6-10-16(15)17(20)11-18(21)19-12-14-7-3-2-4-8-14/h2-10,17H,11-13H2,1H3,(H,19,21). The summed E-state index contributed by atoms with van der Waals surface area (Å²) in [5.74, 6) is 0.104. The first-order valence-corrected chi connectivity index (χ1v) is 7.32. The molecular weight excluding hydrogens is 260 g/mol. The Kier molecular flexibility index (Phi) is 4.02. The average molecular weight is 280 g/mol. The van der Waals surface area contributed by atoms with Gasteiger partial charge in [0.25, 0.3) is 0 Å². The Hall–Kier alpha value is -2.13. The molecule has 108 valence electrons. The molecule has 1 aliphatic rings. The van der Waals surface area contributed by atoms with Gasteiger partial charge in [-0.15, -0.1) is 0 Å². The zero-order chi connectivity index (χ0) is 14.7. The number of amides is 1. The fourth-order valence-electron chi connectivity index (χ4n) is 2.93. The summed E-state index contributed by atoms with van der Waals surface area (Å²) in [5, 5.41) is 3.01. The van der Waals surface area contributed by atoms with Gasteiger partial charge < -0.3 is 5.32 Å². The minimum Gasteiger partial charge on any atom is -0.352 e. The lowest BCUT2D eigenvalue weighted by molar-refractivity contribution is -0.122. The number of rotatable bonds is 4. The van der Waals surface area contributed by atoms with Crippen LogP contribution in [0.2, 0.25) is 0 Å². The van der Waals surface area contributed by atoms with E-state index in [1.807, 2.05) is 36.4 Å². The number of nitrogens with one attached hydrogen (secondary N) is 1. The fraction of sp³-hybridized carbons (Fsp3) is 0.278. The highest BCUT2D eigenvalue weighted by molar-refractivity contribution is 5.77. The Balaban J connectivity index is 1.60. The Labute approximate surface area is 125 Å². The van der Waals surface area contributed by atoms with Crippen LogP contribution >= 0.6 is 0 Å². The molecule has 0 radical (unpaired) electrons. The molecule has 2 aromatic carbocycles. The molecule has 3 rings (SSSR count). The zero-order valence-electron chi connectivity index (χ0n) is 12.3. The van der Waals surface area contributed by atoms with Crippen molar-refractivity contribution in [1.29, 1.82) is 0 Å². The molecule has 0 aromatic heterocycles. The lowest BCUT2D eigenvalue weighted by atomic mass is 10.0. The summed E-state index contributed by atoms with van der Waals surface area (Å²) in [6.45, 7) is 1.52. The van der Waals surface area contributed by atoms with Crippen molar-refractivity contribution in [3.8, 4) is 0 Å². The maximum Gasteiger partial charge on any atom is 0.222 e. The second kappa shape index (κ2) is 6.10. The van der Waals surface area contributed by atoms with E-state index >= 15 is 0 Å². The molecule has 1 heterocycles. The van der Waals surface area contributed by atoms with Gasteiger partial charge in [-0.25, -0.2) is 0 Å². The number of carbonyl (C=O) groups excluding carboxylic acids is 1. The van der Waals surface area contributed by atoms with Crippen molar-refractivity contribution in [1.82, 2.24) is 10.2 Å². The van der Waals surface area contributed by atoms with E-state index in [0.29, 0.717) is 13.0 Å². The first-order chi connectivity index (χ1) is 10.2. The van der Waals surface area contributed by atoms with Crippen LogP contribution in [0.5, 0.6) is 0 Å². The normalized spacial score (nSPS) is 17.5. The van der Waals surface area contributed by atoms with Crippen LogP contribution in [0.4, 0.5) is 0 Å². The van der Waals surface area contributed by atoms with Crippen LogP contribution in [0.15, 0.2) is 54.6 Å². The molecule has 0 spiro atoms. The summed E-state index contributed by atoms with van der Waals surface area (Å²) >= 11 is 0. The molecule has 1 aliphatic heterocycles. The van der Waals surface area contributed by atoms with Gasteiger partial charge in [0.05, 0.1) is 0 Å². The molecule has 0 bridgehead atoms. The third-order valence-electron chi connectivity index (χ3n) is 4.08. The van der Waals surface area contributed by atoms with E-state index in [1.165, 1.54) is 11.1 Å². The lowest BCUT2D eigenvalue weighted by Gasteiger charge is -2.20. The monoisotopic (exact) mass is 280 g/mol. The van der Waals surface area contributed by atoms with Crippen molar-refractivity contribution in [3.05, 3.63) is 71.3 Å². The van der Waals surface area contributed by atoms with Crippen molar-refractivity contribution >= 4 is 5.91 Å². The lowest BCUT2D eigenvalue weighted by Crippen LogP contribution is -2.28. The maximum absolute atomic E-state index is 12.2. The van der Waals surface area contributed by atoms with Crippen LogP contribution < -0.4 is 5.32 Å². The summed E-state index contributed by atoms with van der Waals surface area (Å²) in [6.07, 6.45) is 0.514. The third kappa shape index (κ3) is 3.14. The Bertz CT molecular complexity index is 624. The molecule has 3 nitrogen and oxygen atoms in total. The second-order valence-electron chi connectivity index (χ2n) is 5.60. The van der Waals surface area contributed by atoms with Crippen molar-refractivity contribution < 1.29 is 4.79 Å². The topological polar surface area (TPSA) is 32.3 Å². The van der Waals surface area contributed by atoms with Gasteiger partial charge in [0, 0.05) is 25.6 Å². The van der Waals surface area contributed by atoms with Crippen LogP contribution in [0, 0.1) is 0 Å². The zero-order valence-corrected chi connectivity index (χ0v) is 12.3. The first kappa shape index (κ1) is 13.8. The van der Waals surface area contributed by atoms with E-state index in [2.05, 4.69) is 35.5 Å². The van der Waals surface area contributed by atoms with E-state index in [4.69, 9.17) is 0 Å². The number of fused-ring (bicyclic) bond motifs is 1. The van der Waals surface area contributed by atoms with Crippen molar-refractivity contribution in [3.63, 3.8) is 0 Å². The van der Waals surface area contributed by atoms with Gasteiger partial charge in [0.15, 0.2) is 0 Å². The molecule has 0 saturated carbocycles. The number of carbonyl (C=O) groups is 1. The van der Waals surface area contributed by atoms with E-state index in [9.17, 15) is 4.79 Å². The average Bonchev–Trinajstić information content (AvgIpc) is 2.82. The number of nitrogens with zero attached hydrogens (tertiary/aromatic N) is 1. The SMILES string of the molecule is CN1Cc2ccccc2C1CC(=O)NCc1ccccc1. The van der Waals surface area contributed by atoms with E-state index in [1.54, 1.807) is 0 Å². The molecule has 1 unspecified atom stereocenters. The summed E-state index contributed by atoms with van der Waals surface area (Å²) in [6, 6.07) is 18.6. The highest BCUT2D eigenvalue weighted by atomic mass is 16.1. The smallest absolute Gasteiger partial charge is 0.222 e.